The van der Waals surface area contributed by atoms with Crippen molar-refractivity contribution in [2.45, 2.75) is 59.4 Å². The van der Waals surface area contributed by atoms with E-state index in [0.29, 0.717) is 11.5 Å². The van der Waals surface area contributed by atoms with Crippen molar-refractivity contribution in [3.63, 3.8) is 0 Å². The average Bonchev–Trinajstić information content (AvgIpc) is 2.77. The third-order valence-electron chi connectivity index (χ3n) is 4.73. The highest BCUT2D eigenvalue weighted by atomic mass is 32.1. The second-order valence-electron chi connectivity index (χ2n) is 7.42. The van der Waals surface area contributed by atoms with Crippen LogP contribution in [-0.2, 0) is 0 Å². The van der Waals surface area contributed by atoms with Gasteiger partial charge in [-0.2, -0.15) is 0 Å². The number of rotatable bonds is 2. The molecule has 114 valence electrons. The number of benzene rings is 1. The number of hydrogen-bond donors (Lipinski definition) is 1. The van der Waals surface area contributed by atoms with Crippen molar-refractivity contribution in [3.8, 4) is 0 Å². The minimum absolute atomic E-state index is 0.378. The van der Waals surface area contributed by atoms with Gasteiger partial charge in [-0.05, 0) is 49.3 Å². The molecule has 2 unspecified atom stereocenters. The maximum atomic E-state index is 4.55. The molecule has 0 aliphatic heterocycles. The van der Waals surface area contributed by atoms with E-state index < -0.39 is 0 Å². The Morgan fingerprint density at radius 1 is 1.19 bits per heavy atom. The highest BCUT2D eigenvalue weighted by Gasteiger charge is 2.34. The van der Waals surface area contributed by atoms with Crippen LogP contribution in [0.3, 0.4) is 0 Å². The molecule has 1 aliphatic rings. The lowest BCUT2D eigenvalue weighted by atomic mass is 9.69. The summed E-state index contributed by atoms with van der Waals surface area (Å²) in [4.78, 5) is 4.55. The Bertz CT molecular complexity index is 624. The van der Waals surface area contributed by atoms with Crippen molar-refractivity contribution in [1.82, 2.24) is 4.98 Å². The maximum Gasteiger partial charge on any atom is 0.0907 e. The van der Waals surface area contributed by atoms with Gasteiger partial charge < -0.3 is 5.32 Å². The molecule has 2 aromatic rings. The summed E-state index contributed by atoms with van der Waals surface area (Å²) >= 11 is 1.78. The molecule has 2 nitrogen and oxygen atoms in total. The molecule has 1 fully saturated rings. The lowest BCUT2D eigenvalue weighted by Gasteiger charge is -2.41. The van der Waals surface area contributed by atoms with Gasteiger partial charge in [-0.15, -0.1) is 11.3 Å². The molecule has 0 saturated heterocycles. The molecule has 0 radical (unpaired) electrons. The van der Waals surface area contributed by atoms with Gasteiger partial charge in [0.2, 0.25) is 0 Å². The van der Waals surface area contributed by atoms with E-state index >= 15 is 0 Å². The van der Waals surface area contributed by atoms with Crippen LogP contribution in [0.4, 0.5) is 5.69 Å². The van der Waals surface area contributed by atoms with Crippen LogP contribution in [0, 0.1) is 18.3 Å². The van der Waals surface area contributed by atoms with Crippen LogP contribution >= 0.6 is 11.3 Å². The van der Waals surface area contributed by atoms with Crippen LogP contribution in [-0.4, -0.2) is 11.0 Å². The van der Waals surface area contributed by atoms with Gasteiger partial charge in [0.1, 0.15) is 0 Å². The van der Waals surface area contributed by atoms with Crippen molar-refractivity contribution in [2.75, 3.05) is 5.32 Å². The Morgan fingerprint density at radius 2 is 1.95 bits per heavy atom. The zero-order chi connectivity index (χ0) is 15.0. The first-order chi connectivity index (χ1) is 9.93. The number of nitrogens with zero attached hydrogens (tertiary/aromatic N) is 1. The van der Waals surface area contributed by atoms with E-state index in [1.165, 1.54) is 36.1 Å². The molecule has 0 amide bonds. The Labute approximate surface area is 132 Å². The second-order valence-corrected chi connectivity index (χ2v) is 8.66. The summed E-state index contributed by atoms with van der Waals surface area (Å²) < 4.78 is 1.29. The predicted octanol–water partition coefficient (Wildman–Crippen LogP) is 5.62. The van der Waals surface area contributed by atoms with Gasteiger partial charge >= 0.3 is 0 Å². The standard InChI is InChI=1S/C18H26N2S/c1-12-19-16-10-9-13(11-17(16)21-12)20-15-8-6-5-7-14(15)18(2,3)4/h9-11,14-15,20H,5-8H2,1-4H3. The lowest BCUT2D eigenvalue weighted by Crippen LogP contribution is -2.39. The first-order valence-corrected chi connectivity index (χ1v) is 8.89. The van der Waals surface area contributed by atoms with E-state index in [-0.39, 0.29) is 0 Å². The molecule has 1 heterocycles. The van der Waals surface area contributed by atoms with Gasteiger partial charge in [0, 0.05) is 11.7 Å². The number of thiazole rings is 1. The van der Waals surface area contributed by atoms with Gasteiger partial charge in [0.25, 0.3) is 0 Å². The van der Waals surface area contributed by atoms with Crippen LogP contribution in [0.25, 0.3) is 10.2 Å². The van der Waals surface area contributed by atoms with E-state index in [4.69, 9.17) is 0 Å². The summed E-state index contributed by atoms with van der Waals surface area (Å²) in [6.07, 6.45) is 5.38. The third kappa shape index (κ3) is 3.23. The molecule has 2 atom stereocenters. The molecule has 1 aromatic carbocycles. The maximum absolute atomic E-state index is 4.55. The highest BCUT2D eigenvalue weighted by molar-refractivity contribution is 7.18. The molecule has 21 heavy (non-hydrogen) atoms. The minimum atomic E-state index is 0.378. The Hall–Kier alpha value is -1.09. The highest BCUT2D eigenvalue weighted by Crippen LogP contribution is 2.39. The van der Waals surface area contributed by atoms with Crippen molar-refractivity contribution < 1.29 is 0 Å². The molecule has 0 spiro atoms. The number of aryl methyl sites for hydroxylation is 1. The van der Waals surface area contributed by atoms with E-state index in [1.54, 1.807) is 11.3 Å². The number of fused-ring (bicyclic) bond motifs is 1. The first kappa shape index (κ1) is 14.8. The molecule has 1 N–H and O–H groups in total. The van der Waals surface area contributed by atoms with E-state index in [9.17, 15) is 0 Å². The fourth-order valence-corrected chi connectivity index (χ4v) is 4.55. The van der Waals surface area contributed by atoms with Gasteiger partial charge in [0.05, 0.1) is 15.2 Å². The summed E-state index contributed by atoms with van der Waals surface area (Å²) in [6, 6.07) is 7.21. The zero-order valence-corrected chi connectivity index (χ0v) is 14.4. The Kier molecular flexibility index (Phi) is 3.96. The monoisotopic (exact) mass is 302 g/mol. The topological polar surface area (TPSA) is 24.9 Å². The minimum Gasteiger partial charge on any atom is -0.382 e. The summed E-state index contributed by atoms with van der Waals surface area (Å²) in [7, 11) is 0. The van der Waals surface area contributed by atoms with Crippen LogP contribution in [0.1, 0.15) is 51.5 Å². The molecule has 1 saturated carbocycles. The van der Waals surface area contributed by atoms with Crippen molar-refractivity contribution in [3.05, 3.63) is 23.2 Å². The quantitative estimate of drug-likeness (QED) is 0.778. The smallest absolute Gasteiger partial charge is 0.0907 e. The fourth-order valence-electron chi connectivity index (χ4n) is 3.68. The molecule has 3 heteroatoms. The molecule has 1 aromatic heterocycles. The SMILES string of the molecule is Cc1nc2ccc(NC3CCCCC3C(C)(C)C)cc2s1. The van der Waals surface area contributed by atoms with Crippen LogP contribution in [0.5, 0.6) is 0 Å². The fraction of sp³-hybridized carbons (Fsp3) is 0.611. The largest absolute Gasteiger partial charge is 0.382 e. The van der Waals surface area contributed by atoms with E-state index in [1.807, 2.05) is 0 Å². The predicted molar refractivity (Wildman–Crippen MR) is 93.2 cm³/mol. The van der Waals surface area contributed by atoms with Crippen molar-refractivity contribution in [1.29, 1.82) is 0 Å². The normalized spacial score (nSPS) is 23.4. The van der Waals surface area contributed by atoms with Gasteiger partial charge in [-0.3, -0.25) is 0 Å². The van der Waals surface area contributed by atoms with Crippen LogP contribution in [0.2, 0.25) is 0 Å². The average molecular weight is 302 g/mol. The van der Waals surface area contributed by atoms with E-state index in [0.717, 1.165) is 16.4 Å². The Morgan fingerprint density at radius 3 is 2.71 bits per heavy atom. The zero-order valence-electron chi connectivity index (χ0n) is 13.6. The number of aromatic nitrogens is 1. The van der Waals surface area contributed by atoms with Crippen molar-refractivity contribution in [2.24, 2.45) is 11.3 Å². The second kappa shape index (κ2) is 5.60. The summed E-state index contributed by atoms with van der Waals surface area (Å²) in [6.45, 7) is 9.22. The summed E-state index contributed by atoms with van der Waals surface area (Å²) in [5.41, 5.74) is 2.76. The number of hydrogen-bond acceptors (Lipinski definition) is 3. The van der Waals surface area contributed by atoms with Gasteiger partial charge in [-0.25, -0.2) is 4.98 Å². The molecule has 1 aliphatic carbocycles. The molecule has 3 rings (SSSR count). The van der Waals surface area contributed by atoms with Crippen LogP contribution < -0.4 is 5.32 Å². The van der Waals surface area contributed by atoms with E-state index in [2.05, 4.69) is 56.2 Å². The van der Waals surface area contributed by atoms with Crippen LogP contribution in [0.15, 0.2) is 18.2 Å². The third-order valence-corrected chi connectivity index (χ3v) is 5.66. The van der Waals surface area contributed by atoms with Gasteiger partial charge in [-0.1, -0.05) is 33.6 Å². The molecule has 0 bridgehead atoms. The lowest BCUT2D eigenvalue weighted by molar-refractivity contribution is 0.163. The summed E-state index contributed by atoms with van der Waals surface area (Å²) in [5, 5.41) is 4.96. The Balaban J connectivity index is 1.82. The number of anilines is 1. The summed E-state index contributed by atoms with van der Waals surface area (Å²) in [5.74, 6) is 0.755. The molecular weight excluding hydrogens is 276 g/mol. The first-order valence-electron chi connectivity index (χ1n) is 8.07. The van der Waals surface area contributed by atoms with Gasteiger partial charge in [0.15, 0.2) is 0 Å². The molecular formula is C18H26N2S. The van der Waals surface area contributed by atoms with Crippen molar-refractivity contribution >= 4 is 27.2 Å². The number of nitrogens with one attached hydrogen (secondary N) is 1.